The molecule has 1 aromatic carbocycles. The molecule has 0 unspecified atom stereocenters. The standard InChI is InChI=1S/C11H9F3N2O/c12-11(13,14)10(5-6-10)16-9-15-7-3-1-2-4-8(7)17-9/h1-4H,5-6H2,(H,15,16). The zero-order valence-electron chi connectivity index (χ0n) is 8.71. The minimum atomic E-state index is -4.27. The van der Waals surface area contributed by atoms with Gasteiger partial charge >= 0.3 is 6.18 Å². The van der Waals surface area contributed by atoms with Crippen LogP contribution in [-0.2, 0) is 0 Å². The zero-order chi connectivity index (χ0) is 12.1. The van der Waals surface area contributed by atoms with Gasteiger partial charge in [0.15, 0.2) is 5.58 Å². The number of hydrogen-bond donors (Lipinski definition) is 1. The van der Waals surface area contributed by atoms with Crippen LogP contribution in [0, 0.1) is 0 Å². The highest BCUT2D eigenvalue weighted by molar-refractivity contribution is 5.74. The Morgan fingerprint density at radius 2 is 1.94 bits per heavy atom. The van der Waals surface area contributed by atoms with Gasteiger partial charge in [-0.2, -0.15) is 18.2 Å². The second-order valence-corrected chi connectivity index (χ2v) is 4.19. The predicted molar refractivity (Wildman–Crippen MR) is 55.7 cm³/mol. The van der Waals surface area contributed by atoms with E-state index in [4.69, 9.17) is 4.42 Å². The third-order valence-electron chi connectivity index (χ3n) is 2.93. The van der Waals surface area contributed by atoms with Crippen molar-refractivity contribution < 1.29 is 17.6 Å². The number of aromatic nitrogens is 1. The number of nitrogens with zero attached hydrogens (tertiary/aromatic N) is 1. The van der Waals surface area contributed by atoms with Crippen LogP contribution in [0.15, 0.2) is 28.7 Å². The number of alkyl halides is 3. The van der Waals surface area contributed by atoms with Gasteiger partial charge in [0.25, 0.3) is 6.01 Å². The fourth-order valence-corrected chi connectivity index (χ4v) is 1.73. The van der Waals surface area contributed by atoms with Crippen LogP contribution < -0.4 is 5.32 Å². The summed E-state index contributed by atoms with van der Waals surface area (Å²) in [5.74, 6) is 0. The summed E-state index contributed by atoms with van der Waals surface area (Å²) >= 11 is 0. The highest BCUT2D eigenvalue weighted by Gasteiger charge is 2.64. The highest BCUT2D eigenvalue weighted by atomic mass is 19.4. The third kappa shape index (κ3) is 1.64. The van der Waals surface area contributed by atoms with E-state index in [9.17, 15) is 13.2 Å². The van der Waals surface area contributed by atoms with Crippen LogP contribution in [0.5, 0.6) is 0 Å². The fraction of sp³-hybridized carbons (Fsp3) is 0.364. The van der Waals surface area contributed by atoms with E-state index >= 15 is 0 Å². The number of benzene rings is 1. The van der Waals surface area contributed by atoms with E-state index in [0.717, 1.165) is 0 Å². The van der Waals surface area contributed by atoms with Gasteiger partial charge in [-0.05, 0) is 25.0 Å². The normalized spacial score (nSPS) is 18.3. The van der Waals surface area contributed by atoms with E-state index in [1.807, 2.05) is 0 Å². The lowest BCUT2D eigenvalue weighted by molar-refractivity contribution is -0.151. The molecule has 0 amide bonds. The molecular formula is C11H9F3N2O. The first-order valence-corrected chi connectivity index (χ1v) is 5.21. The van der Waals surface area contributed by atoms with Crippen LogP contribution in [0.2, 0.25) is 0 Å². The number of oxazole rings is 1. The van der Waals surface area contributed by atoms with Gasteiger partial charge in [-0.3, -0.25) is 0 Å². The van der Waals surface area contributed by atoms with Gasteiger partial charge in [0.2, 0.25) is 0 Å². The number of para-hydroxylation sites is 2. The summed E-state index contributed by atoms with van der Waals surface area (Å²) in [7, 11) is 0. The number of hydrogen-bond acceptors (Lipinski definition) is 3. The van der Waals surface area contributed by atoms with E-state index in [0.29, 0.717) is 11.1 Å². The van der Waals surface area contributed by atoms with Crippen molar-refractivity contribution in [1.82, 2.24) is 4.98 Å². The molecule has 90 valence electrons. The smallest absolute Gasteiger partial charge is 0.411 e. The zero-order valence-corrected chi connectivity index (χ0v) is 8.71. The number of halogens is 3. The Hall–Kier alpha value is -1.72. The van der Waals surface area contributed by atoms with Crippen LogP contribution in [-0.4, -0.2) is 16.7 Å². The van der Waals surface area contributed by atoms with Crippen molar-refractivity contribution in [2.75, 3.05) is 5.32 Å². The quantitative estimate of drug-likeness (QED) is 0.877. The van der Waals surface area contributed by atoms with Crippen LogP contribution in [0.1, 0.15) is 12.8 Å². The van der Waals surface area contributed by atoms with Crippen molar-refractivity contribution in [3.8, 4) is 0 Å². The lowest BCUT2D eigenvalue weighted by Gasteiger charge is -2.19. The summed E-state index contributed by atoms with van der Waals surface area (Å²) in [4.78, 5) is 3.97. The van der Waals surface area contributed by atoms with Crippen LogP contribution in [0.25, 0.3) is 11.1 Å². The topological polar surface area (TPSA) is 38.1 Å². The number of anilines is 1. The van der Waals surface area contributed by atoms with Crippen molar-refractivity contribution in [2.45, 2.75) is 24.6 Å². The summed E-state index contributed by atoms with van der Waals surface area (Å²) in [6, 6.07) is 6.79. The molecule has 6 heteroatoms. The summed E-state index contributed by atoms with van der Waals surface area (Å²) in [5, 5.41) is 2.36. The fourth-order valence-electron chi connectivity index (χ4n) is 1.73. The molecule has 1 fully saturated rings. The maximum atomic E-state index is 12.7. The molecule has 0 aliphatic heterocycles. The Morgan fingerprint density at radius 1 is 1.24 bits per heavy atom. The molecule has 2 aromatic rings. The van der Waals surface area contributed by atoms with E-state index in [-0.39, 0.29) is 18.9 Å². The van der Waals surface area contributed by atoms with Crippen LogP contribution >= 0.6 is 0 Å². The Balaban J connectivity index is 1.91. The van der Waals surface area contributed by atoms with E-state index in [1.54, 1.807) is 24.3 Å². The molecule has 17 heavy (non-hydrogen) atoms. The molecule has 0 saturated heterocycles. The molecule has 1 aromatic heterocycles. The molecule has 0 atom stereocenters. The van der Waals surface area contributed by atoms with Crippen molar-refractivity contribution >= 4 is 17.1 Å². The molecule has 1 aliphatic carbocycles. The predicted octanol–water partition coefficient (Wildman–Crippen LogP) is 3.33. The second-order valence-electron chi connectivity index (χ2n) is 4.19. The number of rotatable bonds is 2. The van der Waals surface area contributed by atoms with Crippen molar-refractivity contribution in [1.29, 1.82) is 0 Å². The summed E-state index contributed by atoms with van der Waals surface area (Å²) in [6.45, 7) is 0. The molecule has 0 spiro atoms. The van der Waals surface area contributed by atoms with Crippen LogP contribution in [0.4, 0.5) is 19.2 Å². The van der Waals surface area contributed by atoms with Gasteiger partial charge < -0.3 is 9.73 Å². The molecule has 3 nitrogen and oxygen atoms in total. The molecule has 0 bridgehead atoms. The molecule has 1 aliphatic rings. The first-order chi connectivity index (χ1) is 8.00. The Labute approximate surface area is 94.6 Å². The van der Waals surface area contributed by atoms with Crippen molar-refractivity contribution in [3.05, 3.63) is 24.3 Å². The van der Waals surface area contributed by atoms with Crippen molar-refractivity contribution in [3.63, 3.8) is 0 Å². The first-order valence-electron chi connectivity index (χ1n) is 5.21. The summed E-state index contributed by atoms with van der Waals surface area (Å²) < 4.78 is 43.3. The van der Waals surface area contributed by atoms with Gasteiger partial charge in [0.1, 0.15) is 11.1 Å². The number of fused-ring (bicyclic) bond motifs is 1. The lowest BCUT2D eigenvalue weighted by atomic mass is 10.3. The summed E-state index contributed by atoms with van der Waals surface area (Å²) in [5.41, 5.74) is -0.811. The van der Waals surface area contributed by atoms with Gasteiger partial charge in [-0.1, -0.05) is 12.1 Å². The van der Waals surface area contributed by atoms with Gasteiger partial charge in [-0.25, -0.2) is 0 Å². The molecule has 3 rings (SSSR count). The maximum Gasteiger partial charge on any atom is 0.411 e. The molecule has 1 saturated carbocycles. The minimum absolute atomic E-state index is 0.0647. The second kappa shape index (κ2) is 3.15. The van der Waals surface area contributed by atoms with E-state index in [2.05, 4.69) is 10.3 Å². The van der Waals surface area contributed by atoms with Gasteiger partial charge in [-0.15, -0.1) is 0 Å². The summed E-state index contributed by atoms with van der Waals surface area (Å²) in [6.07, 6.45) is -4.14. The van der Waals surface area contributed by atoms with Crippen LogP contribution in [0.3, 0.4) is 0 Å². The molecule has 1 N–H and O–H groups in total. The molecular weight excluding hydrogens is 233 g/mol. The average molecular weight is 242 g/mol. The monoisotopic (exact) mass is 242 g/mol. The first kappa shape index (κ1) is 10.4. The van der Waals surface area contributed by atoms with E-state index in [1.165, 1.54) is 0 Å². The Morgan fingerprint density at radius 3 is 2.53 bits per heavy atom. The average Bonchev–Trinajstić information content (AvgIpc) is 2.92. The third-order valence-corrected chi connectivity index (χ3v) is 2.93. The molecule has 1 heterocycles. The largest absolute Gasteiger partial charge is 0.424 e. The Bertz CT molecular complexity index is 524. The minimum Gasteiger partial charge on any atom is -0.424 e. The molecule has 0 radical (unpaired) electrons. The number of nitrogens with one attached hydrogen (secondary N) is 1. The van der Waals surface area contributed by atoms with Crippen molar-refractivity contribution in [2.24, 2.45) is 0 Å². The van der Waals surface area contributed by atoms with Gasteiger partial charge in [0, 0.05) is 0 Å². The lowest BCUT2D eigenvalue weighted by Crippen LogP contribution is -2.38. The van der Waals surface area contributed by atoms with Gasteiger partial charge in [0.05, 0.1) is 0 Å². The SMILES string of the molecule is FC(F)(F)C1(Nc2nc3ccccc3o2)CC1. The Kier molecular flexibility index (Phi) is 1.93. The van der Waals surface area contributed by atoms with E-state index < -0.39 is 11.7 Å². The highest BCUT2D eigenvalue weighted by Crippen LogP contribution is 2.51. The maximum absolute atomic E-state index is 12.7.